The van der Waals surface area contributed by atoms with E-state index in [-0.39, 0.29) is 17.9 Å². The van der Waals surface area contributed by atoms with Gasteiger partial charge in [0.2, 0.25) is 5.91 Å². The molecule has 1 unspecified atom stereocenters. The minimum absolute atomic E-state index is 0.0126. The van der Waals surface area contributed by atoms with Gasteiger partial charge >= 0.3 is 0 Å². The van der Waals surface area contributed by atoms with Crippen molar-refractivity contribution in [3.8, 4) is 5.75 Å². The van der Waals surface area contributed by atoms with Crippen LogP contribution < -0.4 is 10.6 Å². The van der Waals surface area contributed by atoms with Gasteiger partial charge in [-0.25, -0.2) is 0 Å². The Hall–Kier alpha value is -1.55. The first kappa shape index (κ1) is 15.5. The monoisotopic (exact) mass is 264 g/mol. The molecule has 19 heavy (non-hydrogen) atoms. The Bertz CT molecular complexity index is 430. The first-order valence-corrected chi connectivity index (χ1v) is 6.72. The fraction of sp³-hybridized carbons (Fsp3) is 0.533. The number of hydrogen-bond acceptors (Lipinski definition) is 3. The van der Waals surface area contributed by atoms with Crippen molar-refractivity contribution in [1.82, 2.24) is 10.6 Å². The third-order valence-electron chi connectivity index (χ3n) is 3.05. The predicted molar refractivity (Wildman–Crippen MR) is 77.1 cm³/mol. The van der Waals surface area contributed by atoms with Crippen LogP contribution in [0.4, 0.5) is 0 Å². The lowest BCUT2D eigenvalue weighted by Gasteiger charge is -2.16. The van der Waals surface area contributed by atoms with Gasteiger partial charge in [-0.05, 0) is 25.5 Å². The summed E-state index contributed by atoms with van der Waals surface area (Å²) in [4.78, 5) is 11.4. The van der Waals surface area contributed by atoms with Crippen molar-refractivity contribution in [3.63, 3.8) is 0 Å². The second kappa shape index (κ2) is 7.14. The molecule has 1 atom stereocenters. The van der Waals surface area contributed by atoms with Crippen LogP contribution >= 0.6 is 0 Å². The van der Waals surface area contributed by atoms with Crippen molar-refractivity contribution in [1.29, 1.82) is 0 Å². The Morgan fingerprint density at radius 2 is 1.95 bits per heavy atom. The van der Waals surface area contributed by atoms with Crippen molar-refractivity contribution in [2.45, 2.75) is 33.7 Å². The van der Waals surface area contributed by atoms with E-state index in [9.17, 15) is 9.90 Å². The minimum Gasteiger partial charge on any atom is -0.508 e. The molecule has 0 saturated heterocycles. The summed E-state index contributed by atoms with van der Waals surface area (Å²) in [5, 5.41) is 16.0. The molecule has 0 aliphatic heterocycles. The highest BCUT2D eigenvalue weighted by molar-refractivity contribution is 5.77. The van der Waals surface area contributed by atoms with E-state index in [1.807, 2.05) is 39.8 Å². The molecule has 1 aromatic carbocycles. The van der Waals surface area contributed by atoms with E-state index < -0.39 is 0 Å². The fourth-order valence-corrected chi connectivity index (χ4v) is 1.81. The maximum absolute atomic E-state index is 11.4. The van der Waals surface area contributed by atoms with Crippen molar-refractivity contribution in [2.24, 2.45) is 5.92 Å². The smallest absolute Gasteiger partial charge is 0.222 e. The van der Waals surface area contributed by atoms with Crippen LogP contribution in [-0.4, -0.2) is 24.1 Å². The Morgan fingerprint density at radius 1 is 1.26 bits per heavy atom. The van der Waals surface area contributed by atoms with E-state index in [1.54, 1.807) is 6.07 Å². The normalized spacial score (nSPS) is 12.5. The van der Waals surface area contributed by atoms with Crippen molar-refractivity contribution in [3.05, 3.63) is 29.3 Å². The lowest BCUT2D eigenvalue weighted by atomic mass is 10.1. The third-order valence-corrected chi connectivity index (χ3v) is 3.05. The summed E-state index contributed by atoms with van der Waals surface area (Å²) in [7, 11) is 0. The zero-order chi connectivity index (χ0) is 14.4. The molecule has 0 bridgehead atoms. The van der Waals surface area contributed by atoms with Crippen molar-refractivity contribution < 1.29 is 9.90 Å². The molecule has 0 aliphatic rings. The molecular formula is C15H24N2O2. The fourth-order valence-electron chi connectivity index (χ4n) is 1.81. The highest BCUT2D eigenvalue weighted by Gasteiger charge is 2.10. The molecular weight excluding hydrogens is 240 g/mol. The van der Waals surface area contributed by atoms with Gasteiger partial charge < -0.3 is 15.7 Å². The summed E-state index contributed by atoms with van der Waals surface area (Å²) >= 11 is 0. The van der Waals surface area contributed by atoms with Gasteiger partial charge in [-0.3, -0.25) is 4.79 Å². The van der Waals surface area contributed by atoms with Crippen LogP contribution in [0.25, 0.3) is 0 Å². The van der Waals surface area contributed by atoms with Gasteiger partial charge in [-0.15, -0.1) is 0 Å². The van der Waals surface area contributed by atoms with Crippen LogP contribution in [0.5, 0.6) is 5.75 Å². The minimum atomic E-state index is 0.0126. The van der Waals surface area contributed by atoms with Gasteiger partial charge in [0, 0.05) is 30.6 Å². The van der Waals surface area contributed by atoms with Gasteiger partial charge in [-0.1, -0.05) is 26.0 Å². The molecule has 4 nitrogen and oxygen atoms in total. The highest BCUT2D eigenvalue weighted by atomic mass is 16.3. The van der Waals surface area contributed by atoms with Crippen LogP contribution in [0.15, 0.2) is 18.2 Å². The molecule has 3 N–H and O–H groups in total. The largest absolute Gasteiger partial charge is 0.508 e. The van der Waals surface area contributed by atoms with E-state index in [2.05, 4.69) is 10.6 Å². The summed E-state index contributed by atoms with van der Waals surface area (Å²) < 4.78 is 0. The SMILES string of the molecule is Cc1ccc(C(C)NCCNC(=O)C(C)C)c(O)c1. The zero-order valence-electron chi connectivity index (χ0n) is 12.2. The number of phenolic OH excluding ortho intramolecular Hbond substituents is 1. The number of hydrogen-bond donors (Lipinski definition) is 3. The quantitative estimate of drug-likeness (QED) is 0.690. The first-order valence-electron chi connectivity index (χ1n) is 6.72. The lowest BCUT2D eigenvalue weighted by molar-refractivity contribution is -0.123. The third kappa shape index (κ3) is 4.91. The van der Waals surface area contributed by atoms with E-state index in [1.165, 1.54) is 0 Å². The van der Waals surface area contributed by atoms with E-state index in [0.717, 1.165) is 11.1 Å². The van der Waals surface area contributed by atoms with Gasteiger partial charge in [0.15, 0.2) is 0 Å². The molecule has 4 heteroatoms. The molecule has 1 rings (SSSR count). The van der Waals surface area contributed by atoms with Gasteiger partial charge in [0.1, 0.15) is 5.75 Å². The molecule has 0 radical (unpaired) electrons. The standard InChI is InChI=1S/C15H24N2O2/c1-10(2)15(19)17-8-7-16-12(4)13-6-5-11(3)9-14(13)18/h5-6,9-10,12,16,18H,7-8H2,1-4H3,(H,17,19). The highest BCUT2D eigenvalue weighted by Crippen LogP contribution is 2.24. The molecule has 106 valence electrons. The van der Waals surface area contributed by atoms with Crippen LogP contribution in [0.3, 0.4) is 0 Å². The molecule has 0 aliphatic carbocycles. The second-order valence-electron chi connectivity index (χ2n) is 5.18. The second-order valence-corrected chi connectivity index (χ2v) is 5.18. The summed E-state index contributed by atoms with van der Waals surface area (Å²) in [5.41, 5.74) is 1.92. The molecule has 0 spiro atoms. The van der Waals surface area contributed by atoms with Crippen LogP contribution in [0.1, 0.15) is 37.9 Å². The summed E-state index contributed by atoms with van der Waals surface area (Å²) in [6, 6.07) is 5.72. The summed E-state index contributed by atoms with van der Waals surface area (Å²) in [5.74, 6) is 0.386. The van der Waals surface area contributed by atoms with Gasteiger partial charge in [0.25, 0.3) is 0 Å². The van der Waals surface area contributed by atoms with Gasteiger partial charge in [0.05, 0.1) is 0 Å². The van der Waals surface area contributed by atoms with E-state index in [0.29, 0.717) is 18.8 Å². The Labute approximate surface area is 115 Å². The number of nitrogens with one attached hydrogen (secondary N) is 2. The van der Waals surface area contributed by atoms with E-state index in [4.69, 9.17) is 0 Å². The number of rotatable bonds is 6. The van der Waals surface area contributed by atoms with Crippen LogP contribution in [0.2, 0.25) is 0 Å². The average molecular weight is 264 g/mol. The van der Waals surface area contributed by atoms with Crippen LogP contribution in [-0.2, 0) is 4.79 Å². The molecule has 1 aromatic rings. The number of carbonyl (C=O) groups excluding carboxylic acids is 1. The Balaban J connectivity index is 2.39. The van der Waals surface area contributed by atoms with Gasteiger partial charge in [-0.2, -0.15) is 0 Å². The molecule has 0 fully saturated rings. The first-order chi connectivity index (χ1) is 8.91. The Kier molecular flexibility index (Phi) is 5.83. The van der Waals surface area contributed by atoms with E-state index >= 15 is 0 Å². The number of benzene rings is 1. The molecule has 0 heterocycles. The Morgan fingerprint density at radius 3 is 2.53 bits per heavy atom. The molecule has 0 aromatic heterocycles. The number of carbonyl (C=O) groups is 1. The average Bonchev–Trinajstić information content (AvgIpc) is 2.33. The number of amides is 1. The maximum atomic E-state index is 11.4. The summed E-state index contributed by atoms with van der Waals surface area (Å²) in [6.45, 7) is 8.95. The topological polar surface area (TPSA) is 61.4 Å². The number of phenols is 1. The van der Waals surface area contributed by atoms with Crippen LogP contribution in [0, 0.1) is 12.8 Å². The predicted octanol–water partition coefficient (Wildman–Crippen LogP) is 2.12. The lowest BCUT2D eigenvalue weighted by Crippen LogP contribution is -2.35. The van der Waals surface area contributed by atoms with Crippen molar-refractivity contribution >= 4 is 5.91 Å². The summed E-state index contributed by atoms with van der Waals surface area (Å²) in [6.07, 6.45) is 0. The molecule has 0 saturated carbocycles. The zero-order valence-corrected chi connectivity index (χ0v) is 12.2. The maximum Gasteiger partial charge on any atom is 0.222 e. The number of aryl methyl sites for hydroxylation is 1. The molecule has 1 amide bonds. The number of aromatic hydroxyl groups is 1. The van der Waals surface area contributed by atoms with Crippen molar-refractivity contribution in [2.75, 3.05) is 13.1 Å².